The van der Waals surface area contributed by atoms with Crippen LogP contribution in [0.4, 0.5) is 10.1 Å². The molecular weight excluding hydrogens is 365 g/mol. The Labute approximate surface area is 161 Å². The molecule has 5 nitrogen and oxygen atoms in total. The average molecular weight is 385 g/mol. The molecule has 1 heterocycles. The summed E-state index contributed by atoms with van der Waals surface area (Å²) in [6, 6.07) is 13.1. The summed E-state index contributed by atoms with van der Waals surface area (Å²) in [6.07, 6.45) is 2.03. The van der Waals surface area contributed by atoms with Gasteiger partial charge in [0.2, 0.25) is 0 Å². The lowest BCUT2D eigenvalue weighted by Gasteiger charge is -2.32. The first-order valence-corrected chi connectivity index (χ1v) is 9.22. The normalized spacial score (nSPS) is 21.0. The van der Waals surface area contributed by atoms with Crippen LogP contribution in [0.3, 0.4) is 0 Å². The van der Waals surface area contributed by atoms with Crippen LogP contribution >= 0.6 is 11.8 Å². The van der Waals surface area contributed by atoms with Gasteiger partial charge in [-0.25, -0.2) is 4.39 Å². The number of nitrogen functional groups attached to an aromatic ring is 1. The second-order valence-corrected chi connectivity index (χ2v) is 7.50. The minimum Gasteiger partial charge on any atom is -0.399 e. The molecule has 1 aliphatic rings. The third kappa shape index (κ3) is 4.37. The number of amidine groups is 1. The number of nitrogens with one attached hydrogen (secondary N) is 1. The average Bonchev–Trinajstić information content (AvgIpc) is 2.64. The number of anilines is 1. The van der Waals surface area contributed by atoms with Gasteiger partial charge in [0.1, 0.15) is 5.82 Å². The first-order valence-electron chi connectivity index (χ1n) is 8.41. The zero-order valence-corrected chi connectivity index (χ0v) is 15.6. The van der Waals surface area contributed by atoms with Crippen molar-refractivity contribution in [3.63, 3.8) is 0 Å². The van der Waals surface area contributed by atoms with E-state index < -0.39 is 11.4 Å². The molecule has 1 atom stereocenters. The summed E-state index contributed by atoms with van der Waals surface area (Å²) in [4.78, 5) is 17.9. The number of benzene rings is 2. The molecule has 7 heteroatoms. The van der Waals surface area contributed by atoms with Gasteiger partial charge in [0.15, 0.2) is 5.17 Å². The highest BCUT2D eigenvalue weighted by Crippen LogP contribution is 2.42. The second-order valence-electron chi connectivity index (χ2n) is 6.38. The first kappa shape index (κ1) is 19.1. The summed E-state index contributed by atoms with van der Waals surface area (Å²) in [5.41, 5.74) is 6.16. The monoisotopic (exact) mass is 385 g/mol. The maximum atomic E-state index is 14.5. The topological polar surface area (TPSA) is 87.7 Å². The lowest BCUT2D eigenvalue weighted by Crippen LogP contribution is -2.35. The molecule has 140 valence electrons. The van der Waals surface area contributed by atoms with E-state index in [0.29, 0.717) is 28.4 Å². The number of carbonyl (C=O) groups excluding carboxylic acids is 1. The van der Waals surface area contributed by atoms with Gasteiger partial charge in [-0.1, -0.05) is 30.0 Å². The van der Waals surface area contributed by atoms with Gasteiger partial charge < -0.3 is 16.2 Å². The molecule has 27 heavy (non-hydrogen) atoms. The Balaban J connectivity index is 1.98. The van der Waals surface area contributed by atoms with Crippen LogP contribution in [0, 0.1) is 5.82 Å². The third-order valence-electron chi connectivity index (χ3n) is 4.24. The molecule has 0 radical (unpaired) electrons. The molecule has 0 bridgehead atoms. The number of hydrogen-bond donors (Lipinski definition) is 3. The van der Waals surface area contributed by atoms with Gasteiger partial charge >= 0.3 is 0 Å². The standard InChI is InChI=1S/C20H20FN3O2S/c1-20(16-11-14(22)7-8-17(16)21)12-15(9-10-25)27-19(24-20)23-18(26)13-5-3-2-4-6-13/h2-9,11,25H,10,12,22H2,1H3,(H,23,24,26)/t20-/m0/s1. The van der Waals surface area contributed by atoms with Crippen LogP contribution in [0.5, 0.6) is 0 Å². The molecule has 0 unspecified atom stereocenters. The van der Waals surface area contributed by atoms with Crippen LogP contribution in [0.2, 0.25) is 0 Å². The van der Waals surface area contributed by atoms with Gasteiger partial charge in [0.05, 0.1) is 12.1 Å². The van der Waals surface area contributed by atoms with Gasteiger partial charge in [-0.15, -0.1) is 0 Å². The van der Waals surface area contributed by atoms with E-state index in [1.54, 1.807) is 43.3 Å². The van der Waals surface area contributed by atoms with E-state index in [1.165, 1.54) is 23.9 Å². The van der Waals surface area contributed by atoms with Crippen molar-refractivity contribution >= 4 is 28.5 Å². The van der Waals surface area contributed by atoms with Gasteiger partial charge in [-0.05, 0) is 48.2 Å². The van der Waals surface area contributed by atoms with Gasteiger partial charge in [0.25, 0.3) is 5.91 Å². The fourth-order valence-electron chi connectivity index (χ4n) is 2.93. The molecule has 2 aromatic rings. The van der Waals surface area contributed by atoms with Crippen LogP contribution in [0.1, 0.15) is 29.3 Å². The molecule has 1 aliphatic heterocycles. The molecule has 0 spiro atoms. The van der Waals surface area contributed by atoms with Crippen LogP contribution in [0.25, 0.3) is 0 Å². The lowest BCUT2D eigenvalue weighted by molar-refractivity contribution is 0.0977. The number of thioether (sulfide) groups is 1. The van der Waals surface area contributed by atoms with E-state index in [4.69, 9.17) is 5.73 Å². The van der Waals surface area contributed by atoms with Crippen molar-refractivity contribution in [2.24, 2.45) is 4.99 Å². The van der Waals surface area contributed by atoms with Crippen molar-refractivity contribution in [2.75, 3.05) is 12.3 Å². The Kier molecular flexibility index (Phi) is 5.62. The number of nitrogens with two attached hydrogens (primary N) is 1. The minimum atomic E-state index is -0.953. The number of hydrogen-bond acceptors (Lipinski definition) is 5. The highest BCUT2D eigenvalue weighted by molar-refractivity contribution is 8.17. The summed E-state index contributed by atoms with van der Waals surface area (Å²) in [5, 5.41) is 12.4. The fraction of sp³-hybridized carbons (Fsp3) is 0.200. The van der Waals surface area contributed by atoms with Crippen LogP contribution in [-0.4, -0.2) is 22.8 Å². The number of aliphatic hydroxyl groups is 1. The van der Waals surface area contributed by atoms with E-state index in [1.807, 2.05) is 6.07 Å². The van der Waals surface area contributed by atoms with Crippen molar-refractivity contribution in [2.45, 2.75) is 18.9 Å². The number of amides is 1. The van der Waals surface area contributed by atoms with Crippen molar-refractivity contribution in [3.05, 3.63) is 76.5 Å². The fourth-order valence-corrected chi connectivity index (χ4v) is 4.08. The van der Waals surface area contributed by atoms with Crippen molar-refractivity contribution in [1.82, 2.24) is 5.32 Å². The van der Waals surface area contributed by atoms with Gasteiger partial charge in [-0.2, -0.15) is 0 Å². The van der Waals surface area contributed by atoms with Gasteiger partial charge in [0, 0.05) is 23.2 Å². The Hall–Kier alpha value is -2.64. The maximum absolute atomic E-state index is 14.5. The quantitative estimate of drug-likeness (QED) is 0.707. The van der Waals surface area contributed by atoms with Gasteiger partial charge in [-0.3, -0.25) is 9.79 Å². The Bertz CT molecular complexity index is 915. The van der Waals surface area contributed by atoms with E-state index in [-0.39, 0.29) is 12.5 Å². The van der Waals surface area contributed by atoms with Crippen LogP contribution in [0.15, 0.2) is 64.5 Å². The molecule has 0 saturated heterocycles. The predicted molar refractivity (Wildman–Crippen MR) is 107 cm³/mol. The van der Waals surface area contributed by atoms with Crippen molar-refractivity contribution in [1.29, 1.82) is 0 Å². The van der Waals surface area contributed by atoms with E-state index >= 15 is 0 Å². The zero-order valence-electron chi connectivity index (χ0n) is 14.8. The Morgan fingerprint density at radius 3 is 2.81 bits per heavy atom. The number of nitrogens with zero attached hydrogens (tertiary/aromatic N) is 1. The van der Waals surface area contributed by atoms with E-state index in [2.05, 4.69) is 10.3 Å². The zero-order chi connectivity index (χ0) is 19.4. The molecule has 3 rings (SSSR count). The number of halogens is 1. The predicted octanol–water partition coefficient (Wildman–Crippen LogP) is 3.42. The summed E-state index contributed by atoms with van der Waals surface area (Å²) < 4.78 is 14.5. The maximum Gasteiger partial charge on any atom is 0.257 e. The number of rotatable bonds is 3. The molecule has 0 aliphatic carbocycles. The Morgan fingerprint density at radius 1 is 1.37 bits per heavy atom. The number of aliphatic hydroxyl groups excluding tert-OH is 1. The molecule has 2 aromatic carbocycles. The SMILES string of the molecule is C[C@@]1(c2cc(N)ccc2F)CC(=CCO)SC(NC(=O)c2ccccc2)=N1. The number of carbonyl (C=O) groups is 1. The van der Waals surface area contributed by atoms with Crippen molar-refractivity contribution in [3.8, 4) is 0 Å². The first-order chi connectivity index (χ1) is 12.9. The lowest BCUT2D eigenvalue weighted by atomic mass is 9.88. The molecule has 1 amide bonds. The minimum absolute atomic E-state index is 0.155. The smallest absolute Gasteiger partial charge is 0.257 e. The van der Waals surface area contributed by atoms with Crippen molar-refractivity contribution < 1.29 is 14.3 Å². The highest BCUT2D eigenvalue weighted by atomic mass is 32.2. The molecule has 0 aromatic heterocycles. The number of aliphatic imine (C=N–C) groups is 1. The summed E-state index contributed by atoms with van der Waals surface area (Å²) >= 11 is 1.25. The van der Waals surface area contributed by atoms with Crippen LogP contribution < -0.4 is 11.1 Å². The summed E-state index contributed by atoms with van der Waals surface area (Å²) in [5.74, 6) is -0.720. The molecule has 0 fully saturated rings. The largest absolute Gasteiger partial charge is 0.399 e. The highest BCUT2D eigenvalue weighted by Gasteiger charge is 2.35. The van der Waals surface area contributed by atoms with E-state index in [0.717, 1.165) is 4.91 Å². The molecular formula is C20H20FN3O2S. The molecule has 4 N–H and O–H groups in total. The second kappa shape index (κ2) is 7.94. The molecule has 0 saturated carbocycles. The summed E-state index contributed by atoms with van der Waals surface area (Å²) in [6.45, 7) is 1.63. The Morgan fingerprint density at radius 2 is 2.11 bits per heavy atom. The summed E-state index contributed by atoms with van der Waals surface area (Å²) in [7, 11) is 0. The third-order valence-corrected chi connectivity index (χ3v) is 5.20. The van der Waals surface area contributed by atoms with Crippen LogP contribution in [-0.2, 0) is 5.54 Å². The van der Waals surface area contributed by atoms with E-state index in [9.17, 15) is 14.3 Å².